The van der Waals surface area contributed by atoms with E-state index in [1.54, 1.807) is 0 Å². The lowest BCUT2D eigenvalue weighted by atomic mass is 10.0. The molecule has 2 aromatic rings. The fraction of sp³-hybridized carbons (Fsp3) is 0.333. The van der Waals surface area contributed by atoms with Crippen LogP contribution in [0.2, 0.25) is 0 Å². The lowest BCUT2D eigenvalue weighted by molar-refractivity contribution is 0.590. The zero-order chi connectivity index (χ0) is 12.3. The van der Waals surface area contributed by atoms with Crippen molar-refractivity contribution in [2.45, 2.75) is 33.4 Å². The topological polar surface area (TPSA) is 12.0 Å². The maximum absolute atomic E-state index is 3.49. The Balaban J connectivity index is 2.30. The highest BCUT2D eigenvalue weighted by Gasteiger charge is 2.10. The molecule has 0 unspecified atom stereocenters. The fourth-order valence-corrected chi connectivity index (χ4v) is 2.83. The van der Waals surface area contributed by atoms with Crippen LogP contribution < -0.4 is 5.32 Å². The number of hydrogen-bond donors (Lipinski definition) is 1. The van der Waals surface area contributed by atoms with Gasteiger partial charge < -0.3 is 5.32 Å². The minimum atomic E-state index is 0.527. The van der Waals surface area contributed by atoms with E-state index in [4.69, 9.17) is 0 Å². The molecule has 17 heavy (non-hydrogen) atoms. The Bertz CT molecular complexity index is 471. The molecule has 0 atom stereocenters. The highest BCUT2D eigenvalue weighted by Crippen LogP contribution is 2.32. The van der Waals surface area contributed by atoms with E-state index in [0.717, 1.165) is 6.54 Å². The molecule has 2 rings (SSSR count). The Hall–Kier alpha value is -1.12. The number of rotatable bonds is 4. The van der Waals surface area contributed by atoms with Gasteiger partial charge in [-0.15, -0.1) is 11.3 Å². The highest BCUT2D eigenvalue weighted by atomic mass is 32.1. The van der Waals surface area contributed by atoms with Crippen LogP contribution in [0.15, 0.2) is 35.7 Å². The smallest absolute Gasteiger partial charge is 0.0222 e. The van der Waals surface area contributed by atoms with Gasteiger partial charge in [0.05, 0.1) is 0 Å². The molecular weight excluding hydrogens is 226 g/mol. The summed E-state index contributed by atoms with van der Waals surface area (Å²) in [5.74, 6) is 0. The summed E-state index contributed by atoms with van der Waals surface area (Å²) in [5.41, 5.74) is 4.14. The quantitative estimate of drug-likeness (QED) is 0.850. The first-order chi connectivity index (χ1) is 8.18. The molecule has 0 aliphatic rings. The molecule has 1 aromatic carbocycles. The van der Waals surface area contributed by atoms with E-state index in [-0.39, 0.29) is 0 Å². The van der Waals surface area contributed by atoms with Gasteiger partial charge in [-0.3, -0.25) is 0 Å². The van der Waals surface area contributed by atoms with Crippen LogP contribution in [0, 0.1) is 6.92 Å². The molecule has 0 radical (unpaired) electrons. The highest BCUT2D eigenvalue weighted by molar-refractivity contribution is 7.10. The van der Waals surface area contributed by atoms with E-state index in [1.165, 1.54) is 21.6 Å². The van der Waals surface area contributed by atoms with Gasteiger partial charge in [0.1, 0.15) is 0 Å². The lowest BCUT2D eigenvalue weighted by Gasteiger charge is -2.10. The van der Waals surface area contributed by atoms with Crippen molar-refractivity contribution >= 4 is 11.3 Å². The largest absolute Gasteiger partial charge is 0.310 e. The Kier molecular flexibility index (Phi) is 3.97. The van der Waals surface area contributed by atoms with Gasteiger partial charge in [-0.05, 0) is 29.0 Å². The normalized spacial score (nSPS) is 11.1. The van der Waals surface area contributed by atoms with Crippen molar-refractivity contribution in [3.05, 3.63) is 46.2 Å². The summed E-state index contributed by atoms with van der Waals surface area (Å²) < 4.78 is 0. The van der Waals surface area contributed by atoms with Crippen LogP contribution in [0.1, 0.15) is 24.3 Å². The molecule has 0 spiro atoms. The van der Waals surface area contributed by atoms with Gasteiger partial charge in [-0.1, -0.05) is 44.2 Å². The first-order valence-corrected chi connectivity index (χ1v) is 6.92. The predicted molar refractivity (Wildman–Crippen MR) is 76.5 cm³/mol. The Morgan fingerprint density at radius 3 is 2.53 bits per heavy atom. The minimum Gasteiger partial charge on any atom is -0.310 e. The van der Waals surface area contributed by atoms with Gasteiger partial charge in [0.15, 0.2) is 0 Å². The van der Waals surface area contributed by atoms with Crippen LogP contribution >= 0.6 is 11.3 Å². The van der Waals surface area contributed by atoms with Crippen molar-refractivity contribution in [3.63, 3.8) is 0 Å². The third kappa shape index (κ3) is 2.96. The van der Waals surface area contributed by atoms with Crippen molar-refractivity contribution in [1.29, 1.82) is 0 Å². The molecule has 2 heteroatoms. The van der Waals surface area contributed by atoms with Crippen LogP contribution in [0.4, 0.5) is 0 Å². The third-order valence-electron chi connectivity index (χ3n) is 2.81. The van der Waals surface area contributed by atoms with Crippen LogP contribution in [-0.2, 0) is 6.54 Å². The number of thiophene rings is 1. The summed E-state index contributed by atoms with van der Waals surface area (Å²) in [6.45, 7) is 7.51. The summed E-state index contributed by atoms with van der Waals surface area (Å²) >= 11 is 1.84. The summed E-state index contributed by atoms with van der Waals surface area (Å²) in [7, 11) is 0. The van der Waals surface area contributed by atoms with Gasteiger partial charge in [-0.2, -0.15) is 0 Å². The van der Waals surface area contributed by atoms with Gasteiger partial charge in [-0.25, -0.2) is 0 Å². The van der Waals surface area contributed by atoms with Crippen LogP contribution in [0.3, 0.4) is 0 Å². The predicted octanol–water partition coefficient (Wildman–Crippen LogP) is 4.22. The molecule has 0 bridgehead atoms. The van der Waals surface area contributed by atoms with Gasteiger partial charge in [0.25, 0.3) is 0 Å². The first-order valence-electron chi connectivity index (χ1n) is 6.04. The van der Waals surface area contributed by atoms with Gasteiger partial charge in [0.2, 0.25) is 0 Å². The van der Waals surface area contributed by atoms with E-state index in [1.807, 2.05) is 11.3 Å². The van der Waals surface area contributed by atoms with E-state index in [2.05, 4.69) is 61.8 Å². The molecule has 0 amide bonds. The van der Waals surface area contributed by atoms with E-state index in [0.29, 0.717) is 6.04 Å². The Morgan fingerprint density at radius 1 is 1.18 bits per heavy atom. The van der Waals surface area contributed by atoms with Gasteiger partial charge in [0, 0.05) is 17.5 Å². The number of benzene rings is 1. The van der Waals surface area contributed by atoms with Crippen molar-refractivity contribution in [3.8, 4) is 11.1 Å². The lowest BCUT2D eigenvalue weighted by Crippen LogP contribution is -2.21. The Labute approximate surface area is 108 Å². The van der Waals surface area contributed by atoms with E-state index in [9.17, 15) is 0 Å². The average molecular weight is 245 g/mol. The van der Waals surface area contributed by atoms with Crippen LogP contribution in [-0.4, -0.2) is 6.04 Å². The van der Waals surface area contributed by atoms with Crippen molar-refractivity contribution < 1.29 is 0 Å². The third-order valence-corrected chi connectivity index (χ3v) is 3.77. The van der Waals surface area contributed by atoms with E-state index < -0.39 is 0 Å². The number of hydrogen-bond acceptors (Lipinski definition) is 2. The summed E-state index contributed by atoms with van der Waals surface area (Å²) in [4.78, 5) is 1.40. The van der Waals surface area contributed by atoms with E-state index >= 15 is 0 Å². The molecule has 0 saturated carbocycles. The summed E-state index contributed by atoms with van der Waals surface area (Å²) in [6.07, 6.45) is 0. The first kappa shape index (κ1) is 12.3. The maximum atomic E-state index is 3.49. The maximum Gasteiger partial charge on any atom is 0.0222 e. The standard InChI is InChI=1S/C15H19NS/c1-11(2)16-9-14-10-17-12(3)15(14)13-7-5-4-6-8-13/h4-8,10-11,16H,9H2,1-3H3. The molecule has 0 aliphatic heterocycles. The minimum absolute atomic E-state index is 0.527. The number of aryl methyl sites for hydroxylation is 1. The van der Waals surface area contributed by atoms with Gasteiger partial charge >= 0.3 is 0 Å². The second-order valence-corrected chi connectivity index (χ2v) is 5.68. The second kappa shape index (κ2) is 5.48. The zero-order valence-electron chi connectivity index (χ0n) is 10.7. The van der Waals surface area contributed by atoms with Crippen molar-refractivity contribution in [2.24, 2.45) is 0 Å². The number of nitrogens with one attached hydrogen (secondary N) is 1. The van der Waals surface area contributed by atoms with Crippen LogP contribution in [0.25, 0.3) is 11.1 Å². The summed E-state index contributed by atoms with van der Waals surface area (Å²) in [6, 6.07) is 11.2. The molecule has 1 heterocycles. The van der Waals surface area contributed by atoms with Crippen LogP contribution in [0.5, 0.6) is 0 Å². The molecule has 1 nitrogen and oxygen atoms in total. The molecule has 1 aromatic heterocycles. The molecule has 0 saturated heterocycles. The summed E-state index contributed by atoms with van der Waals surface area (Å²) in [5, 5.41) is 5.76. The average Bonchev–Trinajstić information content (AvgIpc) is 2.69. The molecule has 1 N–H and O–H groups in total. The molecule has 0 aliphatic carbocycles. The SMILES string of the molecule is Cc1scc(CNC(C)C)c1-c1ccccc1. The fourth-order valence-electron chi connectivity index (χ4n) is 1.94. The molecule has 90 valence electrons. The molecule has 0 fully saturated rings. The van der Waals surface area contributed by atoms with Crippen molar-refractivity contribution in [1.82, 2.24) is 5.32 Å². The molecular formula is C15H19NS. The Morgan fingerprint density at radius 2 is 1.88 bits per heavy atom. The monoisotopic (exact) mass is 245 g/mol. The van der Waals surface area contributed by atoms with Crippen molar-refractivity contribution in [2.75, 3.05) is 0 Å². The zero-order valence-corrected chi connectivity index (χ0v) is 11.5. The second-order valence-electron chi connectivity index (χ2n) is 4.59.